The fourth-order valence-corrected chi connectivity index (χ4v) is 1060. The van der Waals surface area contributed by atoms with E-state index in [1.54, 1.807) is 6.92 Å². The van der Waals surface area contributed by atoms with Crippen molar-refractivity contribution in [3.8, 4) is 5.88 Å². The van der Waals surface area contributed by atoms with Crippen LogP contribution in [0.4, 0.5) is 0 Å². The standard InChI is InChI=1S/C5H4Cl2N2.C5H6N2O2.H41P39.H40P38/c1-3-4(6)8-2-9-5(3)7;1-3-4(8)6-2-7-5(3)9;1-21-31(20)36(30(18)19)39(37(32(22(2)3)23(4)5)33(24(6)7)25(8)9)38(34(26(10)11)27(12)13)35(28(14)15)29(16)17;1-21(2)31(22(3)4)36(32(23(5)6)24(7)8)38(35(29(17)18)30(19)20)37(33(25(9)10)26(11)12)34(27(13)14)28(15)16/h2H,1H3;2H,1H3,(H2,6,7,8,9);21H,1-20H2;1-20H2. The molecule has 2 N–H and O–H groups in total. The molecule has 0 radical (unpaired) electrons. The Labute approximate surface area is 718 Å². The SMILES string of the molecule is Cc1c(Cl)ncnc1Cl.Cc1c(O)nc[nH]c1=O.PP(P)P(P(P)P)P(P(P(P)P)P(P)P)P(P(P(P)P)P(P)P)P(P(P(P)P)P(P)P)P(P(P)P)P(P)P.PPP(P)P(P(P)P)P(P(P(P(P)P)P(P)P)P(P(P)P)P(P)P)P(P(P(P)P)P(P)P)P(P(P)P)P(P)P. The van der Waals surface area contributed by atoms with Crippen molar-refractivity contribution < 1.29 is 5.11 Å². The minimum Gasteiger partial charge on any atom is -0.493 e. The first-order chi connectivity index (χ1) is 43.4. The molecule has 0 aliphatic heterocycles. The number of aromatic hydroxyl groups is 1. The number of aromatic amines is 1. The average Bonchev–Trinajstić information content (AvgIpc) is 3.40. The second-order valence-electron chi connectivity index (χ2n) is 15.2. The molecule has 2 rings (SSSR count). The molecular weight excluding hydrogens is 2660 g/mol. The van der Waals surface area contributed by atoms with Crippen molar-refractivity contribution >= 4 is 640 Å². The molecule has 0 spiro atoms. The lowest BCUT2D eigenvalue weighted by molar-refractivity contribution is 0.446. The molecular formula is C10H91Cl2N4O2P77. The van der Waals surface area contributed by atoms with E-state index in [-0.39, 0.29) is 269 Å². The summed E-state index contributed by atoms with van der Waals surface area (Å²) in [5.41, 5.74) is 0.667. The molecule has 2 aromatic rings. The molecule has 2 heterocycles. The Bertz CT molecular complexity index is 2140. The van der Waals surface area contributed by atoms with E-state index in [9.17, 15) is 4.79 Å². The third-order valence-electron chi connectivity index (χ3n) is 8.51. The molecule has 2 aromatic heterocycles. The average molecular weight is 2760 g/mol. The lowest BCUT2D eigenvalue weighted by atomic mass is 10.4. The number of H-pyrrole nitrogens is 1. The maximum absolute atomic E-state index is 10.6. The first-order valence-electron chi connectivity index (χ1n) is 22.2. The smallest absolute Gasteiger partial charge is 0.257 e. The highest BCUT2D eigenvalue weighted by Gasteiger charge is 2.57. The van der Waals surface area contributed by atoms with E-state index >= 15 is 0 Å². The zero-order valence-electron chi connectivity index (χ0n) is 49.3. The molecule has 0 aromatic carbocycles. The molecule has 43 atom stereocenters. The summed E-state index contributed by atoms with van der Waals surface area (Å²) in [4.78, 5) is 23.8. The second kappa shape index (κ2) is 71.8. The van der Waals surface area contributed by atoms with Crippen molar-refractivity contribution in [3.05, 3.63) is 44.4 Å². The Morgan fingerprint density at radius 2 is 0.474 bits per heavy atom. The van der Waals surface area contributed by atoms with Gasteiger partial charge in [-0.3, -0.25) is 4.79 Å². The number of halogens is 2. The summed E-state index contributed by atoms with van der Waals surface area (Å²) in [6.07, 6.45) is 2.49. The Morgan fingerprint density at radius 1 is 0.305 bits per heavy atom. The highest BCUT2D eigenvalue weighted by molar-refractivity contribution is 9.51. The van der Waals surface area contributed by atoms with Crippen LogP contribution in [0.15, 0.2) is 17.4 Å². The minimum atomic E-state index is -0.303. The molecule has 0 aliphatic rings. The predicted octanol–water partition coefficient (Wildman–Crippen LogP) is 46.5. The number of hydrogen-bond donors (Lipinski definition) is 2. The Hall–Kier alpha value is 31.4. The maximum atomic E-state index is 10.6. The minimum absolute atomic E-state index is 0.0190. The van der Waals surface area contributed by atoms with Gasteiger partial charge < -0.3 is 10.1 Å². The van der Waals surface area contributed by atoms with Crippen molar-refractivity contribution in [2.45, 2.75) is 13.8 Å². The zero-order chi connectivity index (χ0) is 75.2. The Kier molecular flexibility index (Phi) is 97.2. The summed E-state index contributed by atoms with van der Waals surface area (Å²) in [7, 11) is 136. The van der Waals surface area contributed by atoms with E-state index in [1.807, 2.05) is 0 Å². The van der Waals surface area contributed by atoms with Gasteiger partial charge in [-0.05, 0) is 265 Å². The van der Waals surface area contributed by atoms with Crippen LogP contribution in [0.1, 0.15) is 11.1 Å². The van der Waals surface area contributed by atoms with E-state index in [4.69, 9.17) is 28.3 Å². The van der Waals surface area contributed by atoms with Gasteiger partial charge in [0.15, 0.2) is 0 Å². The number of hydrogen-bond acceptors (Lipinski definition) is 5. The summed E-state index contributed by atoms with van der Waals surface area (Å²) in [6, 6.07) is 0. The van der Waals surface area contributed by atoms with Gasteiger partial charge in [0.1, 0.15) is 16.6 Å². The molecule has 6 nitrogen and oxygen atoms in total. The predicted molar refractivity (Wildman–Crippen MR) is 714 cm³/mol. The maximum Gasteiger partial charge on any atom is 0.257 e. The summed E-state index contributed by atoms with van der Waals surface area (Å²) < 4.78 is 0. The highest BCUT2D eigenvalue weighted by Crippen LogP contribution is 3.45. The molecule has 43 unspecified atom stereocenters. The molecule has 85 heteroatoms. The van der Waals surface area contributed by atoms with E-state index < -0.39 is 0 Å². The first-order valence-corrected chi connectivity index (χ1v) is 162. The topological polar surface area (TPSA) is 91.8 Å². The highest BCUT2D eigenvalue weighted by atomic mass is 35.5. The van der Waals surface area contributed by atoms with Crippen LogP contribution < -0.4 is 5.56 Å². The molecule has 0 amide bonds. The molecule has 0 saturated carbocycles. The first kappa shape index (κ1) is 128. The van der Waals surface area contributed by atoms with Gasteiger partial charge in [-0.2, -0.15) is 0 Å². The van der Waals surface area contributed by atoms with Gasteiger partial charge in [0, 0.05) is 5.56 Å². The van der Waals surface area contributed by atoms with Crippen molar-refractivity contribution in [1.29, 1.82) is 0 Å². The molecule has 0 fully saturated rings. The Balaban J connectivity index is 0. The lowest BCUT2D eigenvalue weighted by Gasteiger charge is -2.55. The van der Waals surface area contributed by atoms with Crippen LogP contribution in [-0.2, 0) is 0 Å². The number of nitrogens with zero attached hydrogens (tertiary/aromatic N) is 3. The van der Waals surface area contributed by atoms with Crippen molar-refractivity contribution in [1.82, 2.24) is 19.9 Å². The van der Waals surface area contributed by atoms with E-state index in [0.29, 0.717) is 10.3 Å². The van der Waals surface area contributed by atoms with Gasteiger partial charge in [-0.25, -0.2) is 15.0 Å². The van der Waals surface area contributed by atoms with Gasteiger partial charge in [0.05, 0.1) is 11.9 Å². The van der Waals surface area contributed by atoms with Crippen molar-refractivity contribution in [2.24, 2.45) is 0 Å². The number of nitrogens with one attached hydrogen (secondary N) is 1. The van der Waals surface area contributed by atoms with Crippen LogP contribution in [0.2, 0.25) is 10.3 Å². The van der Waals surface area contributed by atoms with Crippen LogP contribution in [0.5, 0.6) is 5.88 Å². The van der Waals surface area contributed by atoms with Gasteiger partial charge >= 0.3 is 0 Å². The van der Waals surface area contributed by atoms with Crippen LogP contribution in [0, 0.1) is 13.8 Å². The van der Waals surface area contributed by atoms with E-state index in [1.165, 1.54) is 13.3 Å². The molecule has 562 valence electrons. The quantitative estimate of drug-likeness (QED) is 0.0530. The molecule has 0 aliphatic carbocycles. The second-order valence-corrected chi connectivity index (χ2v) is 328. The largest absolute Gasteiger partial charge is 0.493 e. The summed E-state index contributed by atoms with van der Waals surface area (Å²) in [5, 5.41) is 9.59. The number of rotatable bonds is 35. The lowest BCUT2D eigenvalue weighted by Crippen LogP contribution is -2.08. The number of aromatic nitrogens is 4. The summed E-state index contributed by atoms with van der Waals surface area (Å²) in [5.74, 6) is -0.209. The van der Waals surface area contributed by atoms with Crippen molar-refractivity contribution in [3.63, 3.8) is 0 Å². The third-order valence-corrected chi connectivity index (χ3v) is 528. The summed E-state index contributed by atoms with van der Waals surface area (Å²) >= 11 is 11.2. The van der Waals surface area contributed by atoms with Crippen molar-refractivity contribution in [2.75, 3.05) is 0 Å². The van der Waals surface area contributed by atoms with E-state index in [2.05, 4.69) is 377 Å². The van der Waals surface area contributed by atoms with Gasteiger partial charge in [-0.1, -0.05) is 31.2 Å². The molecule has 0 bridgehead atoms. The molecule has 0 saturated heterocycles. The van der Waals surface area contributed by atoms with Gasteiger partial charge in [-0.15, -0.1) is 357 Å². The van der Waals surface area contributed by atoms with Crippen LogP contribution in [0.3, 0.4) is 0 Å². The normalized spacial score (nSPS) is 14.1. The van der Waals surface area contributed by atoms with Gasteiger partial charge in [0.2, 0.25) is 5.88 Å². The van der Waals surface area contributed by atoms with Crippen LogP contribution in [0.25, 0.3) is 0 Å². The fraction of sp³-hybridized carbons (Fsp3) is 0.200. The third kappa shape index (κ3) is 49.0. The Morgan fingerprint density at radius 3 is 0.611 bits per heavy atom. The monoisotopic (exact) mass is 2750 g/mol. The van der Waals surface area contributed by atoms with E-state index in [0.717, 1.165) is 19.8 Å². The van der Waals surface area contributed by atoms with Gasteiger partial charge in [0.25, 0.3) is 5.56 Å². The van der Waals surface area contributed by atoms with Crippen LogP contribution >= 0.6 is 640 Å². The fourth-order valence-electron chi connectivity index (χ4n) is 5.23. The van der Waals surface area contributed by atoms with Crippen LogP contribution in [-0.4, -0.2) is 25.0 Å². The summed E-state index contributed by atoms with van der Waals surface area (Å²) in [6.45, 7) is 0.516. The zero-order valence-corrected chi connectivity index (χ0v) is 130. The molecule has 95 heavy (non-hydrogen) atoms.